The monoisotopic (exact) mass is 344 g/mol. The Morgan fingerprint density at radius 2 is 2.14 bits per heavy atom. The zero-order valence-corrected chi connectivity index (χ0v) is 14.2. The van der Waals surface area contributed by atoms with Gasteiger partial charge in [0.25, 0.3) is 0 Å². The first-order chi connectivity index (χ1) is 10.2. The number of hydrogen-bond acceptors (Lipinski definition) is 8. The van der Waals surface area contributed by atoms with Gasteiger partial charge in [0.1, 0.15) is 5.76 Å². The molecule has 0 bridgehead atoms. The summed E-state index contributed by atoms with van der Waals surface area (Å²) in [6.07, 6.45) is 0.942. The van der Waals surface area contributed by atoms with Gasteiger partial charge >= 0.3 is 0 Å². The van der Waals surface area contributed by atoms with E-state index < -0.39 is 0 Å². The SMILES string of the molecule is CCCNC(=O)CSc1nnc(SCc2cc(C)on2)s1. The lowest BCUT2D eigenvalue weighted by Crippen LogP contribution is -2.25. The van der Waals surface area contributed by atoms with Gasteiger partial charge in [-0.05, 0) is 13.3 Å². The summed E-state index contributed by atoms with van der Waals surface area (Å²) in [6, 6.07) is 1.90. The molecule has 0 aliphatic heterocycles. The number of nitrogens with one attached hydrogen (secondary N) is 1. The van der Waals surface area contributed by atoms with Crippen LogP contribution in [0, 0.1) is 6.92 Å². The fraction of sp³-hybridized carbons (Fsp3) is 0.500. The summed E-state index contributed by atoms with van der Waals surface area (Å²) in [5.74, 6) is 1.91. The van der Waals surface area contributed by atoms with Crippen LogP contribution in [0.5, 0.6) is 0 Å². The molecular weight excluding hydrogens is 328 g/mol. The maximum atomic E-state index is 11.5. The Morgan fingerprint density at radius 3 is 2.81 bits per heavy atom. The summed E-state index contributed by atoms with van der Waals surface area (Å²) in [5.41, 5.74) is 0.890. The summed E-state index contributed by atoms with van der Waals surface area (Å²) in [7, 11) is 0. The second-order valence-electron chi connectivity index (χ2n) is 4.19. The molecule has 0 fully saturated rings. The normalized spacial score (nSPS) is 10.8. The van der Waals surface area contributed by atoms with Crippen LogP contribution in [-0.4, -0.2) is 33.6 Å². The number of aryl methyl sites for hydroxylation is 1. The zero-order chi connectivity index (χ0) is 15.1. The zero-order valence-electron chi connectivity index (χ0n) is 11.8. The Balaban J connectivity index is 1.74. The predicted octanol–water partition coefficient (Wildman–Crippen LogP) is 2.75. The van der Waals surface area contributed by atoms with E-state index in [2.05, 4.69) is 20.7 Å². The summed E-state index contributed by atoms with van der Waals surface area (Å²) in [6.45, 7) is 4.61. The highest BCUT2D eigenvalue weighted by molar-refractivity contribution is 8.03. The van der Waals surface area contributed by atoms with Crippen molar-refractivity contribution in [3.63, 3.8) is 0 Å². The third-order valence-corrected chi connectivity index (χ3v) is 5.53. The van der Waals surface area contributed by atoms with Gasteiger partial charge in [0.15, 0.2) is 8.68 Å². The molecule has 0 aromatic carbocycles. The molecule has 6 nitrogen and oxygen atoms in total. The van der Waals surface area contributed by atoms with Gasteiger partial charge in [-0.3, -0.25) is 4.79 Å². The molecule has 9 heteroatoms. The minimum Gasteiger partial charge on any atom is -0.361 e. The average Bonchev–Trinajstić information content (AvgIpc) is 3.09. The number of hydrogen-bond donors (Lipinski definition) is 1. The van der Waals surface area contributed by atoms with E-state index in [0.29, 0.717) is 18.1 Å². The molecule has 0 spiro atoms. The second kappa shape index (κ2) is 8.40. The van der Waals surface area contributed by atoms with Gasteiger partial charge in [0.05, 0.1) is 11.4 Å². The Morgan fingerprint density at radius 1 is 1.38 bits per heavy atom. The largest absolute Gasteiger partial charge is 0.361 e. The first kappa shape index (κ1) is 16.3. The van der Waals surface area contributed by atoms with E-state index in [-0.39, 0.29) is 5.91 Å². The van der Waals surface area contributed by atoms with Crippen LogP contribution in [0.1, 0.15) is 24.8 Å². The van der Waals surface area contributed by atoms with Gasteiger partial charge in [-0.15, -0.1) is 10.2 Å². The van der Waals surface area contributed by atoms with Gasteiger partial charge in [-0.1, -0.05) is 46.9 Å². The van der Waals surface area contributed by atoms with Crippen molar-refractivity contribution >= 4 is 40.8 Å². The molecule has 2 aromatic rings. The number of nitrogens with zero attached hydrogens (tertiary/aromatic N) is 3. The van der Waals surface area contributed by atoms with E-state index in [9.17, 15) is 4.79 Å². The smallest absolute Gasteiger partial charge is 0.230 e. The molecule has 0 aliphatic carbocycles. The molecule has 0 atom stereocenters. The van der Waals surface area contributed by atoms with Gasteiger partial charge in [-0.2, -0.15) is 0 Å². The Hall–Kier alpha value is -1.06. The highest BCUT2D eigenvalue weighted by Gasteiger charge is 2.09. The Kier molecular flexibility index (Phi) is 6.52. The Labute approximate surface area is 135 Å². The van der Waals surface area contributed by atoms with Crippen LogP contribution in [0.25, 0.3) is 0 Å². The van der Waals surface area contributed by atoms with Crippen molar-refractivity contribution in [2.75, 3.05) is 12.3 Å². The van der Waals surface area contributed by atoms with Crippen LogP contribution in [0.2, 0.25) is 0 Å². The van der Waals surface area contributed by atoms with E-state index in [1.165, 1.54) is 23.1 Å². The van der Waals surface area contributed by atoms with Crippen LogP contribution in [0.4, 0.5) is 0 Å². The first-order valence-electron chi connectivity index (χ1n) is 6.45. The quantitative estimate of drug-likeness (QED) is 0.737. The lowest BCUT2D eigenvalue weighted by molar-refractivity contribution is -0.118. The van der Waals surface area contributed by atoms with E-state index in [4.69, 9.17) is 4.52 Å². The lowest BCUT2D eigenvalue weighted by Gasteiger charge is -2.00. The second-order valence-corrected chi connectivity index (χ2v) is 7.61. The van der Waals surface area contributed by atoms with E-state index in [0.717, 1.165) is 26.6 Å². The predicted molar refractivity (Wildman–Crippen MR) is 84.7 cm³/mol. The number of aromatic nitrogens is 3. The van der Waals surface area contributed by atoms with E-state index in [1.54, 1.807) is 11.8 Å². The van der Waals surface area contributed by atoms with Crippen molar-refractivity contribution in [3.8, 4) is 0 Å². The van der Waals surface area contributed by atoms with Crippen molar-refractivity contribution in [2.45, 2.75) is 34.7 Å². The number of thioether (sulfide) groups is 2. The van der Waals surface area contributed by atoms with Gasteiger partial charge < -0.3 is 9.84 Å². The molecule has 0 aliphatic rings. The van der Waals surface area contributed by atoms with E-state index in [1.807, 2.05) is 19.9 Å². The van der Waals surface area contributed by atoms with Crippen LogP contribution in [0.15, 0.2) is 19.3 Å². The van der Waals surface area contributed by atoms with Gasteiger partial charge in [-0.25, -0.2) is 0 Å². The number of carbonyl (C=O) groups excluding carboxylic acids is 1. The summed E-state index contributed by atoms with van der Waals surface area (Å²) >= 11 is 4.47. The van der Waals surface area contributed by atoms with Crippen LogP contribution in [0.3, 0.4) is 0 Å². The average molecular weight is 344 g/mol. The van der Waals surface area contributed by atoms with Gasteiger partial charge in [0.2, 0.25) is 5.91 Å². The standard InChI is InChI=1S/C12H16N4O2S3/c1-3-4-13-10(17)7-20-12-15-14-11(21-12)19-6-9-5-8(2)18-16-9/h5H,3-4,6-7H2,1-2H3,(H,13,17). The van der Waals surface area contributed by atoms with Crippen molar-refractivity contribution in [3.05, 3.63) is 17.5 Å². The molecule has 2 aromatic heterocycles. The first-order valence-corrected chi connectivity index (χ1v) is 9.24. The number of amides is 1. The lowest BCUT2D eigenvalue weighted by atomic mass is 10.4. The highest BCUT2D eigenvalue weighted by Crippen LogP contribution is 2.30. The van der Waals surface area contributed by atoms with Crippen molar-refractivity contribution in [1.82, 2.24) is 20.7 Å². The molecule has 0 unspecified atom stereocenters. The maximum absolute atomic E-state index is 11.5. The molecule has 0 saturated heterocycles. The molecule has 2 rings (SSSR count). The topological polar surface area (TPSA) is 80.9 Å². The molecule has 114 valence electrons. The fourth-order valence-electron chi connectivity index (χ4n) is 1.38. The van der Waals surface area contributed by atoms with Crippen molar-refractivity contribution in [2.24, 2.45) is 0 Å². The van der Waals surface area contributed by atoms with E-state index >= 15 is 0 Å². The third-order valence-electron chi connectivity index (χ3n) is 2.31. The number of carbonyl (C=O) groups is 1. The molecule has 1 amide bonds. The Bertz CT molecular complexity index is 585. The molecule has 1 N–H and O–H groups in total. The third kappa shape index (κ3) is 5.68. The summed E-state index contributed by atoms with van der Waals surface area (Å²) < 4.78 is 6.68. The molecule has 2 heterocycles. The van der Waals surface area contributed by atoms with Crippen LogP contribution < -0.4 is 5.32 Å². The highest BCUT2D eigenvalue weighted by atomic mass is 32.2. The van der Waals surface area contributed by atoms with Gasteiger partial charge in [0, 0.05) is 18.4 Å². The minimum atomic E-state index is 0.0318. The fourth-order valence-corrected chi connectivity index (χ4v) is 4.11. The molecule has 21 heavy (non-hydrogen) atoms. The molecule has 0 radical (unpaired) electrons. The summed E-state index contributed by atoms with van der Waals surface area (Å²) in [4.78, 5) is 11.5. The van der Waals surface area contributed by atoms with Crippen molar-refractivity contribution in [1.29, 1.82) is 0 Å². The minimum absolute atomic E-state index is 0.0318. The summed E-state index contributed by atoms with van der Waals surface area (Å²) in [5, 5.41) is 14.9. The van der Waals surface area contributed by atoms with Crippen LogP contribution >= 0.6 is 34.9 Å². The maximum Gasteiger partial charge on any atom is 0.230 e. The number of rotatable bonds is 8. The molecule has 0 saturated carbocycles. The van der Waals surface area contributed by atoms with Crippen molar-refractivity contribution < 1.29 is 9.32 Å². The molecular formula is C12H16N4O2S3. The van der Waals surface area contributed by atoms with Crippen LogP contribution in [-0.2, 0) is 10.5 Å².